The highest BCUT2D eigenvalue weighted by Gasteiger charge is 2.39. The van der Waals surface area contributed by atoms with E-state index in [0.717, 1.165) is 12.8 Å². The highest BCUT2D eigenvalue weighted by Crippen LogP contribution is 2.24. The molecule has 0 aliphatic carbocycles. The van der Waals surface area contributed by atoms with Crippen LogP contribution in [-0.4, -0.2) is 29.1 Å². The average molecular weight is 240 g/mol. The maximum Gasteiger partial charge on any atom is 0.240 e. The Bertz CT molecular complexity index is 265. The monoisotopic (exact) mass is 240 g/mol. The summed E-state index contributed by atoms with van der Waals surface area (Å²) in [6.45, 7) is 13.0. The summed E-state index contributed by atoms with van der Waals surface area (Å²) in [5.41, 5.74) is 0. The molecule has 1 saturated heterocycles. The molecule has 3 heteroatoms. The standard InChI is InChI=1S/C14H28N2O/c1-7-10(4)12(6)16-13(8-9(2)3)15-11(5)14(16)17/h9-13,15H,7-8H2,1-6H3. The number of carbonyl (C=O) groups excluding carboxylic acids is 1. The van der Waals surface area contributed by atoms with Gasteiger partial charge < -0.3 is 4.90 Å². The Hall–Kier alpha value is -0.570. The molecule has 1 aliphatic rings. The summed E-state index contributed by atoms with van der Waals surface area (Å²) in [5, 5.41) is 3.42. The topological polar surface area (TPSA) is 32.3 Å². The largest absolute Gasteiger partial charge is 0.323 e. The van der Waals surface area contributed by atoms with Crippen molar-refractivity contribution in [3.63, 3.8) is 0 Å². The molecule has 17 heavy (non-hydrogen) atoms. The molecular weight excluding hydrogens is 212 g/mol. The minimum absolute atomic E-state index is 0.0229. The zero-order valence-corrected chi connectivity index (χ0v) is 12.2. The van der Waals surface area contributed by atoms with Crippen LogP contribution in [-0.2, 0) is 4.79 Å². The summed E-state index contributed by atoms with van der Waals surface area (Å²) in [4.78, 5) is 14.3. The fourth-order valence-corrected chi connectivity index (χ4v) is 2.55. The van der Waals surface area contributed by atoms with Gasteiger partial charge in [-0.2, -0.15) is 0 Å². The second-order valence-corrected chi connectivity index (χ2v) is 5.91. The van der Waals surface area contributed by atoms with Crippen molar-refractivity contribution in [3.05, 3.63) is 0 Å². The van der Waals surface area contributed by atoms with Crippen molar-refractivity contribution in [2.45, 2.75) is 72.6 Å². The zero-order valence-electron chi connectivity index (χ0n) is 12.2. The van der Waals surface area contributed by atoms with Gasteiger partial charge in [0.25, 0.3) is 0 Å². The molecule has 0 saturated carbocycles. The maximum atomic E-state index is 12.2. The number of hydrogen-bond donors (Lipinski definition) is 1. The molecule has 0 spiro atoms. The van der Waals surface area contributed by atoms with Crippen LogP contribution in [0.3, 0.4) is 0 Å². The smallest absolute Gasteiger partial charge is 0.240 e. The highest BCUT2D eigenvalue weighted by molar-refractivity contribution is 5.84. The van der Waals surface area contributed by atoms with Crippen LogP contribution >= 0.6 is 0 Å². The van der Waals surface area contributed by atoms with Crippen molar-refractivity contribution in [2.75, 3.05) is 0 Å². The van der Waals surface area contributed by atoms with Crippen molar-refractivity contribution in [3.8, 4) is 0 Å². The van der Waals surface area contributed by atoms with E-state index in [1.165, 1.54) is 0 Å². The Labute approximate surface area is 106 Å². The Balaban J connectivity index is 2.79. The van der Waals surface area contributed by atoms with E-state index in [-0.39, 0.29) is 18.1 Å². The first-order valence-corrected chi connectivity index (χ1v) is 6.96. The summed E-state index contributed by atoms with van der Waals surface area (Å²) >= 11 is 0. The third-order valence-electron chi connectivity index (χ3n) is 4.00. The molecule has 1 amide bonds. The van der Waals surface area contributed by atoms with E-state index in [9.17, 15) is 4.79 Å². The average Bonchev–Trinajstić information content (AvgIpc) is 2.51. The van der Waals surface area contributed by atoms with Gasteiger partial charge >= 0.3 is 0 Å². The first-order chi connectivity index (χ1) is 7.88. The summed E-state index contributed by atoms with van der Waals surface area (Å²) in [6.07, 6.45) is 2.38. The number of amides is 1. The van der Waals surface area contributed by atoms with Gasteiger partial charge in [0.15, 0.2) is 0 Å². The van der Waals surface area contributed by atoms with Gasteiger partial charge in [-0.1, -0.05) is 34.1 Å². The van der Waals surface area contributed by atoms with Crippen molar-refractivity contribution in [1.82, 2.24) is 10.2 Å². The molecule has 0 aromatic rings. The van der Waals surface area contributed by atoms with E-state index in [4.69, 9.17) is 0 Å². The summed E-state index contributed by atoms with van der Waals surface area (Å²) in [6, 6.07) is 0.305. The van der Waals surface area contributed by atoms with E-state index < -0.39 is 0 Å². The number of carbonyl (C=O) groups is 1. The van der Waals surface area contributed by atoms with Gasteiger partial charge in [-0.25, -0.2) is 0 Å². The molecule has 4 atom stereocenters. The van der Waals surface area contributed by atoms with Crippen LogP contribution in [0.1, 0.15) is 54.4 Å². The third kappa shape index (κ3) is 3.21. The number of rotatable bonds is 5. The normalized spacial score (nSPS) is 28.9. The molecule has 1 aliphatic heterocycles. The minimum Gasteiger partial charge on any atom is -0.323 e. The first-order valence-electron chi connectivity index (χ1n) is 6.96. The molecular formula is C14H28N2O. The molecule has 1 rings (SSSR count). The first kappa shape index (κ1) is 14.5. The van der Waals surface area contributed by atoms with Gasteiger partial charge in [-0.15, -0.1) is 0 Å². The summed E-state index contributed by atoms with van der Waals surface area (Å²) < 4.78 is 0. The molecule has 3 nitrogen and oxygen atoms in total. The van der Waals surface area contributed by atoms with Crippen LogP contribution in [0, 0.1) is 11.8 Å². The second kappa shape index (κ2) is 5.85. The SMILES string of the molecule is CCC(C)C(C)N1C(=O)C(C)NC1CC(C)C. The molecule has 4 unspecified atom stereocenters. The molecule has 1 heterocycles. The van der Waals surface area contributed by atoms with Crippen LogP contribution in [0.2, 0.25) is 0 Å². The third-order valence-corrected chi connectivity index (χ3v) is 4.00. The molecule has 1 fully saturated rings. The van der Waals surface area contributed by atoms with E-state index in [1.807, 2.05) is 6.92 Å². The molecule has 1 N–H and O–H groups in total. The van der Waals surface area contributed by atoms with Crippen LogP contribution in [0.15, 0.2) is 0 Å². The molecule has 0 aromatic carbocycles. The van der Waals surface area contributed by atoms with Gasteiger partial charge in [0, 0.05) is 6.04 Å². The fraction of sp³-hybridized carbons (Fsp3) is 0.929. The number of hydrogen-bond acceptors (Lipinski definition) is 2. The van der Waals surface area contributed by atoms with E-state index >= 15 is 0 Å². The van der Waals surface area contributed by atoms with Crippen LogP contribution in [0.25, 0.3) is 0 Å². The van der Waals surface area contributed by atoms with Crippen LogP contribution in [0.4, 0.5) is 0 Å². The Morgan fingerprint density at radius 2 is 1.88 bits per heavy atom. The van der Waals surface area contributed by atoms with Crippen LogP contribution in [0.5, 0.6) is 0 Å². The summed E-state index contributed by atoms with van der Waals surface area (Å²) in [7, 11) is 0. The van der Waals surface area contributed by atoms with E-state index in [1.54, 1.807) is 0 Å². The highest BCUT2D eigenvalue weighted by atomic mass is 16.2. The molecule has 0 bridgehead atoms. The zero-order chi connectivity index (χ0) is 13.2. The van der Waals surface area contributed by atoms with Crippen molar-refractivity contribution in [1.29, 1.82) is 0 Å². The van der Waals surface area contributed by atoms with Gasteiger partial charge in [0.2, 0.25) is 5.91 Å². The number of nitrogens with zero attached hydrogens (tertiary/aromatic N) is 1. The van der Waals surface area contributed by atoms with Crippen molar-refractivity contribution in [2.24, 2.45) is 11.8 Å². The molecule has 100 valence electrons. The van der Waals surface area contributed by atoms with Crippen molar-refractivity contribution < 1.29 is 4.79 Å². The lowest BCUT2D eigenvalue weighted by molar-refractivity contribution is -0.132. The summed E-state index contributed by atoms with van der Waals surface area (Å²) in [5.74, 6) is 1.43. The molecule has 0 aromatic heterocycles. The van der Waals surface area contributed by atoms with E-state index in [0.29, 0.717) is 17.9 Å². The second-order valence-electron chi connectivity index (χ2n) is 5.91. The van der Waals surface area contributed by atoms with Gasteiger partial charge in [0.1, 0.15) is 0 Å². The van der Waals surface area contributed by atoms with Crippen LogP contribution < -0.4 is 5.32 Å². The van der Waals surface area contributed by atoms with E-state index in [2.05, 4.69) is 44.8 Å². The Kier molecular flexibility index (Phi) is 4.99. The quantitative estimate of drug-likeness (QED) is 0.801. The van der Waals surface area contributed by atoms with Gasteiger partial charge in [-0.05, 0) is 32.1 Å². The predicted molar refractivity (Wildman–Crippen MR) is 71.6 cm³/mol. The number of nitrogens with one attached hydrogen (secondary N) is 1. The lowest BCUT2D eigenvalue weighted by Crippen LogP contribution is -2.46. The lowest BCUT2D eigenvalue weighted by atomic mass is 9.98. The van der Waals surface area contributed by atoms with Gasteiger partial charge in [-0.3, -0.25) is 10.1 Å². The predicted octanol–water partition coefficient (Wildman–Crippen LogP) is 2.61. The Morgan fingerprint density at radius 3 is 2.35 bits per heavy atom. The minimum atomic E-state index is -0.0229. The van der Waals surface area contributed by atoms with Gasteiger partial charge in [0.05, 0.1) is 12.2 Å². The molecule has 0 radical (unpaired) electrons. The fourth-order valence-electron chi connectivity index (χ4n) is 2.55. The lowest BCUT2D eigenvalue weighted by Gasteiger charge is -2.34. The maximum absolute atomic E-state index is 12.2. The van der Waals surface area contributed by atoms with Crippen molar-refractivity contribution >= 4 is 5.91 Å². The Morgan fingerprint density at radius 1 is 1.29 bits per heavy atom.